The van der Waals surface area contributed by atoms with Gasteiger partial charge in [-0.15, -0.1) is 0 Å². The maximum atomic E-state index is 14.3. The molecule has 14 aromatic carbocycles. The number of hydrogen-bond donors (Lipinski definition) is 0. The number of aryl methyl sites for hydroxylation is 10. The predicted octanol–water partition coefficient (Wildman–Crippen LogP) is 31.1. The quantitative estimate of drug-likeness (QED) is 0.0333. The topological polar surface area (TPSA) is 184 Å². The molecule has 23 heteroatoms. The first-order valence-electron chi connectivity index (χ1n) is 45.9. The van der Waals surface area contributed by atoms with Crippen LogP contribution >= 0.6 is 15.9 Å². The van der Waals surface area contributed by atoms with Gasteiger partial charge in [0.25, 0.3) is 0 Å². The van der Waals surface area contributed by atoms with Gasteiger partial charge in [0.1, 0.15) is 92.4 Å². The normalized spacial score (nSPS) is 10.6. The number of ketones is 7. The molecule has 0 radical (unpaired) electrons. The van der Waals surface area contributed by atoms with E-state index in [-0.39, 0.29) is 126 Å². The fourth-order valence-electron chi connectivity index (χ4n) is 15.0. The third-order valence-corrected chi connectivity index (χ3v) is 23.8. The molecule has 0 N–H and O–H groups in total. The predicted molar refractivity (Wildman–Crippen MR) is 549 cm³/mol. The number of alkyl halides is 3. The molecule has 746 valence electrons. The number of carbonyl (C=O) groups is 7. The fraction of sp³-hybridized carbons (Fsp3) is 0.242. The molecule has 14 nitrogen and oxygen atoms in total. The molecular weight excluding hydrogens is 1900 g/mol. The van der Waals surface area contributed by atoms with Gasteiger partial charge in [0.2, 0.25) is 0 Å². The number of carbonyl (C=O) groups excluding carboxylic acids is 7. The molecule has 0 aliphatic rings. The second kappa shape index (κ2) is 53.8. The Hall–Kier alpha value is -14.7. The van der Waals surface area contributed by atoms with E-state index < -0.39 is 11.7 Å². The third-order valence-electron chi connectivity index (χ3n) is 23.2. The van der Waals surface area contributed by atoms with Gasteiger partial charge in [0, 0.05) is 95.1 Å². The molecule has 0 aromatic heterocycles. The van der Waals surface area contributed by atoms with Gasteiger partial charge in [-0.25, -0.2) is 22.0 Å². The number of ether oxygens (including phenoxy) is 7. The van der Waals surface area contributed by atoms with Crippen LogP contribution < -0.4 is 33.2 Å². The average molecular weight is 2020 g/mol. The van der Waals surface area contributed by atoms with Crippen molar-refractivity contribution in [2.45, 2.75) is 198 Å². The molecule has 0 bridgehead atoms. The van der Waals surface area contributed by atoms with Crippen LogP contribution in [0.1, 0.15) is 243 Å². The highest BCUT2D eigenvalue weighted by atomic mass is 79.9. The smallest absolute Gasteiger partial charge is 0.419 e. The van der Waals surface area contributed by atoms with E-state index in [9.17, 15) is 68.7 Å². The van der Waals surface area contributed by atoms with E-state index in [1.807, 2.05) is 194 Å². The van der Waals surface area contributed by atoms with E-state index in [0.29, 0.717) is 107 Å². The van der Waals surface area contributed by atoms with Crippen LogP contribution in [0.25, 0.3) is 0 Å². The van der Waals surface area contributed by atoms with Crippen LogP contribution in [0.4, 0.5) is 35.1 Å². The van der Waals surface area contributed by atoms with E-state index >= 15 is 0 Å². The molecular formula is C120H119BrF8O14. The molecule has 0 unspecified atom stereocenters. The largest absolute Gasteiger partial charge is 0.489 e. The molecule has 0 fully saturated rings. The van der Waals surface area contributed by atoms with E-state index in [2.05, 4.69) is 15.9 Å². The van der Waals surface area contributed by atoms with Crippen molar-refractivity contribution >= 4 is 56.4 Å². The Labute approximate surface area is 840 Å². The van der Waals surface area contributed by atoms with Crippen molar-refractivity contribution in [1.82, 2.24) is 0 Å². The first-order chi connectivity index (χ1) is 67.7. The summed E-state index contributed by atoms with van der Waals surface area (Å²) in [6, 6.07) is 74.0. The molecule has 0 heterocycles. The van der Waals surface area contributed by atoms with Crippen LogP contribution in [-0.4, -0.2) is 40.5 Å². The van der Waals surface area contributed by atoms with Crippen molar-refractivity contribution in [3.63, 3.8) is 0 Å². The highest BCUT2D eigenvalue weighted by molar-refractivity contribution is 9.10. The molecule has 14 aromatic rings. The first-order valence-corrected chi connectivity index (χ1v) is 46.7. The van der Waals surface area contributed by atoms with E-state index in [4.69, 9.17) is 33.2 Å². The Kier molecular flexibility index (Phi) is 42.7. The maximum Gasteiger partial charge on any atom is 0.419 e. The summed E-state index contributed by atoms with van der Waals surface area (Å²) in [6.07, 6.45) is -4.48. The molecule has 0 aliphatic carbocycles. The summed E-state index contributed by atoms with van der Waals surface area (Å²) in [6.45, 7) is 37.0. The summed E-state index contributed by atoms with van der Waals surface area (Å²) < 4.78 is 149. The van der Waals surface area contributed by atoms with Gasteiger partial charge in [-0.1, -0.05) is 206 Å². The lowest BCUT2D eigenvalue weighted by molar-refractivity contribution is -0.139. The summed E-state index contributed by atoms with van der Waals surface area (Å²) in [4.78, 5) is 80.8. The monoisotopic (exact) mass is 2010 g/mol. The lowest BCUT2D eigenvalue weighted by Crippen LogP contribution is -2.10. The Balaban J connectivity index is 0.000000204. The summed E-state index contributed by atoms with van der Waals surface area (Å²) >= 11 is 3.48. The van der Waals surface area contributed by atoms with E-state index in [1.54, 1.807) is 140 Å². The van der Waals surface area contributed by atoms with Gasteiger partial charge in [-0.2, -0.15) is 13.2 Å². The van der Waals surface area contributed by atoms with Gasteiger partial charge in [0.05, 0.1) is 10.0 Å². The Morgan fingerprint density at radius 2 is 0.538 bits per heavy atom. The van der Waals surface area contributed by atoms with E-state index in [0.717, 1.165) is 83.1 Å². The first kappa shape index (κ1) is 114. The molecule has 0 amide bonds. The molecule has 143 heavy (non-hydrogen) atoms. The van der Waals surface area contributed by atoms with Gasteiger partial charge in [0.15, 0.2) is 63.6 Å². The van der Waals surface area contributed by atoms with Crippen molar-refractivity contribution in [1.29, 1.82) is 0 Å². The van der Waals surface area contributed by atoms with Crippen molar-refractivity contribution < 1.29 is 102 Å². The lowest BCUT2D eigenvalue weighted by Gasteiger charge is -2.15. The molecule has 0 saturated heterocycles. The second-order valence-electron chi connectivity index (χ2n) is 34.6. The van der Waals surface area contributed by atoms with Crippen LogP contribution in [0.15, 0.2) is 259 Å². The standard InChI is InChI=1S/2C18H19FO2.C17H15F3O2.3C17H17FO2.C16H15BrO2/c1-11-9-17(13(3)18(19)12(11)2)21-10-15-7-5-6-8-16(15)14(4)20;1-11-9-12(2)18(17(19)13(11)3)21-10-15-7-5-6-8-16(15)14(4)20;1-11-7-8-16(15(9-11)17(18,19)20)22-10-13-5-3-4-6-14(13)12(2)21;1-11-8-12(2)17(9-16(11)18)20-10-14-6-4-5-7-15(14)13(3)19;1-11-8-12(2)17(16(18)9-11)20-10-14-6-4-5-7-15(14)13(3)19;1-11-8-9-16(12(2)17(11)18)20-10-14-6-4-5-7-15(14)13(3)19;1-11-7-8-16(15(17)9-11)19-10-13-5-3-4-6-14(13)12(2)18/h2*5-9H,10H2,1-4H3;3-9H,10H2,1-2H3;3*4-9H,10H2,1-3H3;3-9H,10H2,1-2H3. The van der Waals surface area contributed by atoms with Crippen LogP contribution in [0.5, 0.6) is 40.2 Å². The van der Waals surface area contributed by atoms with Crippen molar-refractivity contribution in [3.05, 3.63) is 450 Å². The molecule has 0 aliphatic heterocycles. The van der Waals surface area contributed by atoms with E-state index in [1.165, 1.54) is 65.3 Å². The summed E-state index contributed by atoms with van der Waals surface area (Å²) in [5, 5.41) is 0. The molecule has 0 spiro atoms. The van der Waals surface area contributed by atoms with Crippen LogP contribution in [-0.2, 0) is 52.4 Å². The zero-order chi connectivity index (χ0) is 105. The van der Waals surface area contributed by atoms with Crippen LogP contribution in [0.2, 0.25) is 0 Å². The molecule has 14 rings (SSSR count). The summed E-state index contributed by atoms with van der Waals surface area (Å²) in [5.41, 5.74) is 19.0. The molecule has 0 saturated carbocycles. The van der Waals surface area contributed by atoms with Crippen molar-refractivity contribution in [2.75, 3.05) is 0 Å². The van der Waals surface area contributed by atoms with Gasteiger partial charge >= 0.3 is 6.18 Å². The second-order valence-corrected chi connectivity index (χ2v) is 35.4. The fourth-order valence-corrected chi connectivity index (χ4v) is 15.7. The SMILES string of the molecule is CC(=O)c1ccccc1COc1c(C)cc(C)c(C)c1F.CC(=O)c1ccccc1COc1c(C)cc(C)cc1F.CC(=O)c1ccccc1COc1cc(C)c(C)c(F)c1C.CC(=O)c1ccccc1COc1cc(F)c(C)cc1C.CC(=O)c1ccccc1COc1ccc(C)c(F)c1C.CC(=O)c1ccccc1COc1ccc(C)cc1Br.CC(=O)c1ccccc1COc1ccc(C)cc1C(F)(F)F. The van der Waals surface area contributed by atoms with Crippen LogP contribution in [0.3, 0.4) is 0 Å². The molecule has 0 atom stereocenters. The highest BCUT2D eigenvalue weighted by Gasteiger charge is 2.35. The zero-order valence-corrected chi connectivity index (χ0v) is 85.9. The minimum absolute atomic E-state index is 0.00260. The number of hydrogen-bond acceptors (Lipinski definition) is 14. The Bertz CT molecular complexity index is 6830. The average Bonchev–Trinajstić information content (AvgIpc) is 0.820. The van der Waals surface area contributed by atoms with Crippen molar-refractivity contribution in [2.24, 2.45) is 0 Å². The summed E-state index contributed by atoms with van der Waals surface area (Å²) in [7, 11) is 0. The summed E-state index contributed by atoms with van der Waals surface area (Å²) in [5.74, 6) is 0.966. The number of benzene rings is 14. The Morgan fingerprint density at radius 1 is 0.238 bits per heavy atom. The minimum atomic E-state index is -4.48. The van der Waals surface area contributed by atoms with Gasteiger partial charge < -0.3 is 33.2 Å². The third kappa shape index (κ3) is 32.9. The lowest BCUT2D eigenvalue weighted by atomic mass is 10.0. The minimum Gasteiger partial charge on any atom is -0.489 e. The van der Waals surface area contributed by atoms with Crippen molar-refractivity contribution in [3.8, 4) is 40.2 Å². The van der Waals surface area contributed by atoms with Crippen LogP contribution in [0, 0.1) is 126 Å². The zero-order valence-electron chi connectivity index (χ0n) is 84.3. The number of halogens is 9. The highest BCUT2D eigenvalue weighted by Crippen LogP contribution is 2.39. The Morgan fingerprint density at radius 3 is 0.916 bits per heavy atom. The van der Waals surface area contributed by atoms with Gasteiger partial charge in [-0.05, 0) is 271 Å². The number of Topliss-reactive ketones (excluding diaryl/α,β-unsaturated/α-hetero) is 7. The number of rotatable bonds is 28. The maximum absolute atomic E-state index is 14.3. The van der Waals surface area contributed by atoms with Gasteiger partial charge in [-0.3, -0.25) is 33.6 Å².